The Morgan fingerprint density at radius 1 is 1.57 bits per heavy atom. The second-order valence-electron chi connectivity index (χ2n) is 3.07. The summed E-state index contributed by atoms with van der Waals surface area (Å²) in [6.45, 7) is 0. The maximum absolute atomic E-state index is 13.1. The second kappa shape index (κ2) is 4.21. The van der Waals surface area contributed by atoms with Gasteiger partial charge in [0.15, 0.2) is 0 Å². The Hall–Kier alpha value is -1.40. The first-order valence-corrected chi connectivity index (χ1v) is 4.07. The molecule has 0 aromatic carbocycles. The van der Waals surface area contributed by atoms with E-state index in [0.717, 1.165) is 0 Å². The molecule has 0 aromatic rings. The van der Waals surface area contributed by atoms with Gasteiger partial charge in [0.1, 0.15) is 12.3 Å². The van der Waals surface area contributed by atoms with Gasteiger partial charge >= 0.3 is 5.97 Å². The van der Waals surface area contributed by atoms with Gasteiger partial charge in [-0.25, -0.2) is 4.39 Å². The maximum atomic E-state index is 13.1. The van der Waals surface area contributed by atoms with Gasteiger partial charge in [0, 0.05) is 0 Å². The fraction of sp³-hybridized carbons (Fsp3) is 0.857. The molecule has 0 heterocycles. The van der Waals surface area contributed by atoms with E-state index >= 15 is 0 Å². The van der Waals surface area contributed by atoms with E-state index in [4.69, 9.17) is 0 Å². The van der Waals surface area contributed by atoms with Gasteiger partial charge in [0.2, 0.25) is 0 Å². The quantitative estimate of drug-likeness (QED) is 0.382. The highest BCUT2D eigenvalue weighted by Gasteiger charge is 2.40. The van der Waals surface area contributed by atoms with Crippen LogP contribution >= 0.6 is 0 Å². The number of ether oxygens (including phenoxy) is 1. The molecule has 1 saturated carbocycles. The zero-order valence-corrected chi connectivity index (χ0v) is 7.51. The number of nitrogens with zero attached hydrogens (tertiary/aromatic N) is 1. The predicted octanol–water partition coefficient (Wildman–Crippen LogP) is 0.484. The summed E-state index contributed by atoms with van der Waals surface area (Å²) >= 11 is 0. The molecule has 0 saturated heterocycles. The van der Waals surface area contributed by atoms with Crippen LogP contribution in [0.3, 0.4) is 0 Å². The van der Waals surface area contributed by atoms with Crippen LogP contribution in [0.5, 0.6) is 0 Å². The van der Waals surface area contributed by atoms with Crippen molar-refractivity contribution in [3.8, 4) is 0 Å². The van der Waals surface area contributed by atoms with Crippen molar-refractivity contribution in [2.45, 2.75) is 25.1 Å². The van der Waals surface area contributed by atoms with Crippen LogP contribution in [-0.2, 0) is 14.4 Å². The summed E-state index contributed by atoms with van der Waals surface area (Å²) in [5.41, 5.74) is 0. The molecule has 0 aliphatic heterocycles. The Bertz CT molecular complexity index is 246. The lowest BCUT2D eigenvalue weighted by Crippen LogP contribution is -2.22. The average Bonchev–Trinajstić information content (AvgIpc) is 2.46. The van der Waals surface area contributed by atoms with Crippen molar-refractivity contribution in [2.75, 3.05) is 7.11 Å². The molecule has 1 fully saturated rings. The number of methoxy groups -OCH3 is 1. The van der Waals surface area contributed by atoms with Gasteiger partial charge in [-0.1, -0.05) is 0 Å². The van der Waals surface area contributed by atoms with E-state index in [1.165, 1.54) is 7.11 Å². The van der Waals surface area contributed by atoms with E-state index in [1.807, 2.05) is 0 Å². The summed E-state index contributed by atoms with van der Waals surface area (Å²) in [5, 5.41) is 8.90. The van der Waals surface area contributed by atoms with Gasteiger partial charge in [-0.2, -0.15) is 0 Å². The lowest BCUT2D eigenvalue weighted by atomic mass is 10.1. The number of hydrogen-bond donors (Lipinski definition) is 0. The van der Waals surface area contributed by atoms with E-state index in [1.54, 1.807) is 0 Å². The van der Waals surface area contributed by atoms with Crippen molar-refractivity contribution in [2.24, 2.45) is 5.92 Å². The minimum absolute atomic E-state index is 0.00514. The molecule has 0 amide bonds. The molecule has 0 N–H and O–H groups in total. The molecule has 0 spiro atoms. The SMILES string of the molecule is COC(=O)C1CC(F)C(O[N+](=O)[O-])C1. The van der Waals surface area contributed by atoms with Crippen LogP contribution in [0.4, 0.5) is 4.39 Å². The van der Waals surface area contributed by atoms with Crippen molar-refractivity contribution < 1.29 is 23.8 Å². The first-order chi connectivity index (χ1) is 6.54. The third-order valence-electron chi connectivity index (χ3n) is 2.19. The van der Waals surface area contributed by atoms with Crippen molar-refractivity contribution in [1.29, 1.82) is 0 Å². The smallest absolute Gasteiger partial charge is 0.308 e. The molecule has 0 aromatic heterocycles. The molecule has 0 radical (unpaired) electrons. The first-order valence-electron chi connectivity index (χ1n) is 4.07. The van der Waals surface area contributed by atoms with Crippen molar-refractivity contribution >= 4 is 5.97 Å². The molecule has 3 unspecified atom stereocenters. The highest BCUT2D eigenvalue weighted by atomic mass is 19.1. The van der Waals surface area contributed by atoms with E-state index in [9.17, 15) is 19.3 Å². The van der Waals surface area contributed by atoms with Crippen LogP contribution in [0.1, 0.15) is 12.8 Å². The average molecular weight is 207 g/mol. The van der Waals surface area contributed by atoms with Crippen molar-refractivity contribution in [1.82, 2.24) is 0 Å². The Kier molecular flexibility index (Phi) is 3.21. The normalized spacial score (nSPS) is 31.1. The number of hydrogen-bond acceptors (Lipinski definition) is 5. The van der Waals surface area contributed by atoms with E-state index in [0.29, 0.717) is 0 Å². The summed E-state index contributed by atoms with van der Waals surface area (Å²) in [6.07, 6.45) is -2.71. The number of halogens is 1. The summed E-state index contributed by atoms with van der Waals surface area (Å²) < 4.78 is 17.5. The minimum atomic E-state index is -1.48. The molecule has 1 aliphatic carbocycles. The summed E-state index contributed by atoms with van der Waals surface area (Å²) in [6, 6.07) is 0. The van der Waals surface area contributed by atoms with Crippen LogP contribution in [0.15, 0.2) is 0 Å². The molecule has 80 valence electrons. The van der Waals surface area contributed by atoms with Gasteiger partial charge in [0.25, 0.3) is 5.09 Å². The standard InChI is InChI=1S/C7H10FNO5/c1-13-7(10)4-2-5(8)6(3-4)14-9(11)12/h4-6H,2-3H2,1H3. The maximum Gasteiger partial charge on any atom is 0.308 e. The summed E-state index contributed by atoms with van der Waals surface area (Å²) in [5.74, 6) is -1.19. The monoisotopic (exact) mass is 207 g/mol. The van der Waals surface area contributed by atoms with Gasteiger partial charge in [-0.15, -0.1) is 10.1 Å². The Labute approximate surface area is 79.1 Å². The summed E-state index contributed by atoms with van der Waals surface area (Å²) in [4.78, 5) is 25.0. The topological polar surface area (TPSA) is 78.7 Å². The largest absolute Gasteiger partial charge is 0.469 e. The Balaban J connectivity index is 2.51. The van der Waals surface area contributed by atoms with E-state index in [-0.39, 0.29) is 12.8 Å². The van der Waals surface area contributed by atoms with Crippen LogP contribution in [0.2, 0.25) is 0 Å². The molecule has 14 heavy (non-hydrogen) atoms. The molecule has 0 bridgehead atoms. The van der Waals surface area contributed by atoms with Crippen molar-refractivity contribution in [3.05, 3.63) is 10.1 Å². The van der Waals surface area contributed by atoms with E-state index in [2.05, 4.69) is 9.57 Å². The third kappa shape index (κ3) is 2.30. The molecule has 1 rings (SSSR count). The predicted molar refractivity (Wildman–Crippen MR) is 41.5 cm³/mol. The van der Waals surface area contributed by atoms with Gasteiger partial charge in [-0.3, -0.25) is 4.79 Å². The Morgan fingerprint density at radius 2 is 2.21 bits per heavy atom. The van der Waals surface area contributed by atoms with Crippen LogP contribution < -0.4 is 0 Å². The van der Waals surface area contributed by atoms with E-state index < -0.39 is 29.2 Å². The third-order valence-corrected chi connectivity index (χ3v) is 2.19. The van der Waals surface area contributed by atoms with Gasteiger partial charge < -0.3 is 9.57 Å². The fourth-order valence-corrected chi connectivity index (χ4v) is 1.53. The summed E-state index contributed by atoms with van der Waals surface area (Å²) in [7, 11) is 1.19. The van der Waals surface area contributed by atoms with Crippen molar-refractivity contribution in [3.63, 3.8) is 0 Å². The fourth-order valence-electron chi connectivity index (χ4n) is 1.53. The van der Waals surface area contributed by atoms with Crippen LogP contribution in [-0.4, -0.2) is 30.4 Å². The Morgan fingerprint density at radius 3 is 2.71 bits per heavy atom. The first kappa shape index (κ1) is 10.7. The molecular formula is C7H10FNO5. The highest BCUT2D eigenvalue weighted by Crippen LogP contribution is 2.31. The number of esters is 1. The lowest BCUT2D eigenvalue weighted by molar-refractivity contribution is -0.769. The molecular weight excluding hydrogens is 197 g/mol. The number of rotatable bonds is 3. The molecule has 3 atom stereocenters. The number of carbonyl (C=O) groups is 1. The van der Waals surface area contributed by atoms with Gasteiger partial charge in [-0.05, 0) is 12.8 Å². The highest BCUT2D eigenvalue weighted by molar-refractivity contribution is 5.72. The number of alkyl halides is 1. The minimum Gasteiger partial charge on any atom is -0.469 e. The lowest BCUT2D eigenvalue weighted by Gasteiger charge is -2.08. The zero-order valence-electron chi connectivity index (χ0n) is 7.51. The zero-order chi connectivity index (χ0) is 10.7. The van der Waals surface area contributed by atoms with Gasteiger partial charge in [0.05, 0.1) is 13.0 Å². The molecule has 6 nitrogen and oxygen atoms in total. The molecule has 7 heteroatoms. The number of carbonyl (C=O) groups excluding carboxylic acids is 1. The van der Waals surface area contributed by atoms with Crippen LogP contribution in [0.25, 0.3) is 0 Å². The molecule has 1 aliphatic rings. The van der Waals surface area contributed by atoms with Crippen LogP contribution in [0, 0.1) is 16.0 Å². The second-order valence-corrected chi connectivity index (χ2v) is 3.07.